The van der Waals surface area contributed by atoms with Crippen LogP contribution in [0.15, 0.2) is 30.3 Å². The lowest BCUT2D eigenvalue weighted by Gasteiger charge is -2.13. The van der Waals surface area contributed by atoms with E-state index in [4.69, 9.17) is 14.2 Å². The molecule has 0 aromatic heterocycles. The van der Waals surface area contributed by atoms with E-state index in [1.54, 1.807) is 32.2 Å². The molecule has 5 heteroatoms. The first kappa shape index (κ1) is 16.8. The Hall–Kier alpha value is -2.56. The molecule has 2 aromatic rings. The topological polar surface area (TPSA) is 44.8 Å². The fourth-order valence-electron chi connectivity index (χ4n) is 2.12. The van der Waals surface area contributed by atoms with Gasteiger partial charge in [0.1, 0.15) is 12.4 Å². The highest BCUT2D eigenvalue weighted by Crippen LogP contribution is 2.30. The monoisotopic (exact) mass is 318 g/mol. The summed E-state index contributed by atoms with van der Waals surface area (Å²) in [6, 6.07) is 7.85. The maximum atomic E-state index is 13.5. The van der Waals surface area contributed by atoms with Gasteiger partial charge in [-0.05, 0) is 54.8 Å². The number of methoxy groups -OCH3 is 2. The van der Waals surface area contributed by atoms with E-state index < -0.39 is 11.8 Å². The molecule has 0 amide bonds. The first-order valence-corrected chi connectivity index (χ1v) is 7.11. The Kier molecular flexibility index (Phi) is 5.21. The van der Waals surface area contributed by atoms with Crippen molar-refractivity contribution in [2.45, 2.75) is 20.5 Å². The summed E-state index contributed by atoms with van der Waals surface area (Å²) in [6.07, 6.45) is 0. The van der Waals surface area contributed by atoms with Crippen molar-refractivity contribution in [2.75, 3.05) is 14.2 Å². The van der Waals surface area contributed by atoms with Crippen molar-refractivity contribution in [1.82, 2.24) is 0 Å². The fraction of sp³-hybridized carbons (Fsp3) is 0.278. The van der Waals surface area contributed by atoms with Crippen molar-refractivity contribution >= 4 is 5.97 Å². The molecular formula is C18H19FO4. The summed E-state index contributed by atoms with van der Waals surface area (Å²) >= 11 is 0. The molecule has 0 atom stereocenters. The number of halogens is 1. The molecule has 0 fully saturated rings. The van der Waals surface area contributed by atoms with E-state index in [9.17, 15) is 9.18 Å². The molecule has 0 saturated carbocycles. The number of aryl methyl sites for hydroxylation is 2. The van der Waals surface area contributed by atoms with Crippen LogP contribution >= 0.6 is 0 Å². The van der Waals surface area contributed by atoms with Crippen LogP contribution < -0.4 is 9.47 Å². The highest BCUT2D eigenvalue weighted by Gasteiger charge is 2.13. The van der Waals surface area contributed by atoms with Gasteiger partial charge < -0.3 is 14.2 Å². The molecule has 0 heterocycles. The van der Waals surface area contributed by atoms with Crippen LogP contribution in [-0.4, -0.2) is 20.2 Å². The van der Waals surface area contributed by atoms with Crippen LogP contribution in [-0.2, 0) is 11.3 Å². The van der Waals surface area contributed by atoms with E-state index in [1.807, 2.05) is 13.0 Å². The minimum absolute atomic E-state index is 0.0700. The Morgan fingerprint density at radius 3 is 2.26 bits per heavy atom. The standard InChI is InChI=1S/C18H19FO4/c1-11-5-6-13(8-15(11)19)18(20)23-10-14-9-17(22-4)16(21-3)7-12(14)2/h5-9H,10H2,1-4H3. The van der Waals surface area contributed by atoms with Crippen LogP contribution in [0.3, 0.4) is 0 Å². The molecule has 0 aliphatic heterocycles. The van der Waals surface area contributed by atoms with E-state index in [1.165, 1.54) is 13.2 Å². The summed E-state index contributed by atoms with van der Waals surface area (Å²) in [5.74, 6) is 0.172. The molecular weight excluding hydrogens is 299 g/mol. The molecule has 0 spiro atoms. The van der Waals surface area contributed by atoms with Crippen LogP contribution in [0, 0.1) is 19.7 Å². The van der Waals surface area contributed by atoms with E-state index in [-0.39, 0.29) is 12.2 Å². The van der Waals surface area contributed by atoms with Crippen LogP contribution in [0.25, 0.3) is 0 Å². The van der Waals surface area contributed by atoms with Gasteiger partial charge in [-0.25, -0.2) is 9.18 Å². The summed E-state index contributed by atoms with van der Waals surface area (Å²) in [4.78, 5) is 12.0. The smallest absolute Gasteiger partial charge is 0.338 e. The molecule has 0 radical (unpaired) electrons. The molecule has 2 aromatic carbocycles. The second-order valence-electron chi connectivity index (χ2n) is 5.17. The zero-order valence-corrected chi connectivity index (χ0v) is 13.6. The number of benzene rings is 2. The van der Waals surface area contributed by atoms with Gasteiger partial charge in [0, 0.05) is 0 Å². The molecule has 0 bridgehead atoms. The number of hydrogen-bond donors (Lipinski definition) is 0. The molecule has 0 aliphatic rings. The molecule has 0 saturated heterocycles. The second-order valence-corrected chi connectivity index (χ2v) is 5.17. The summed E-state index contributed by atoms with van der Waals surface area (Å²) in [7, 11) is 3.10. The van der Waals surface area contributed by atoms with E-state index in [0.717, 1.165) is 11.1 Å². The van der Waals surface area contributed by atoms with E-state index in [2.05, 4.69) is 0 Å². The lowest BCUT2D eigenvalue weighted by Crippen LogP contribution is -2.07. The van der Waals surface area contributed by atoms with Crippen molar-refractivity contribution in [1.29, 1.82) is 0 Å². The fourth-order valence-corrected chi connectivity index (χ4v) is 2.12. The van der Waals surface area contributed by atoms with Gasteiger partial charge in [0.25, 0.3) is 0 Å². The minimum Gasteiger partial charge on any atom is -0.493 e. The predicted octanol–water partition coefficient (Wildman–Crippen LogP) is 3.82. The lowest BCUT2D eigenvalue weighted by molar-refractivity contribution is 0.0471. The molecule has 122 valence electrons. The van der Waals surface area contributed by atoms with Crippen LogP contribution in [0.5, 0.6) is 11.5 Å². The number of carbonyl (C=O) groups excluding carboxylic acids is 1. The predicted molar refractivity (Wildman–Crippen MR) is 84.5 cm³/mol. The third-order valence-electron chi connectivity index (χ3n) is 3.61. The molecule has 4 nitrogen and oxygen atoms in total. The van der Waals surface area contributed by atoms with Gasteiger partial charge in [0.05, 0.1) is 19.8 Å². The zero-order valence-electron chi connectivity index (χ0n) is 13.6. The van der Waals surface area contributed by atoms with Crippen LogP contribution in [0.1, 0.15) is 27.0 Å². The number of esters is 1. The number of ether oxygens (including phenoxy) is 3. The Balaban J connectivity index is 2.13. The largest absolute Gasteiger partial charge is 0.493 e. The van der Waals surface area contributed by atoms with Crippen molar-refractivity contribution < 1.29 is 23.4 Å². The summed E-state index contributed by atoms with van der Waals surface area (Å²) in [5, 5.41) is 0. The Morgan fingerprint density at radius 1 is 1.00 bits per heavy atom. The first-order valence-electron chi connectivity index (χ1n) is 7.11. The SMILES string of the molecule is COc1cc(C)c(COC(=O)c2ccc(C)c(F)c2)cc1OC. The maximum absolute atomic E-state index is 13.5. The van der Waals surface area contributed by atoms with Crippen LogP contribution in [0.2, 0.25) is 0 Å². The Morgan fingerprint density at radius 2 is 1.65 bits per heavy atom. The van der Waals surface area contributed by atoms with E-state index >= 15 is 0 Å². The van der Waals surface area contributed by atoms with Gasteiger partial charge in [-0.1, -0.05) is 6.07 Å². The third kappa shape index (κ3) is 3.80. The highest BCUT2D eigenvalue weighted by atomic mass is 19.1. The zero-order chi connectivity index (χ0) is 17.0. The number of rotatable bonds is 5. The molecule has 23 heavy (non-hydrogen) atoms. The van der Waals surface area contributed by atoms with Gasteiger partial charge in [0.15, 0.2) is 11.5 Å². The summed E-state index contributed by atoms with van der Waals surface area (Å²) < 4.78 is 29.2. The molecule has 0 unspecified atom stereocenters. The second kappa shape index (κ2) is 7.13. The first-order chi connectivity index (χ1) is 11.0. The van der Waals surface area contributed by atoms with Gasteiger partial charge in [0.2, 0.25) is 0 Å². The third-order valence-corrected chi connectivity index (χ3v) is 3.61. The highest BCUT2D eigenvalue weighted by molar-refractivity contribution is 5.89. The lowest BCUT2D eigenvalue weighted by atomic mass is 10.1. The van der Waals surface area contributed by atoms with Gasteiger partial charge in [-0.3, -0.25) is 0 Å². The van der Waals surface area contributed by atoms with Gasteiger partial charge in [-0.15, -0.1) is 0 Å². The van der Waals surface area contributed by atoms with Crippen LogP contribution in [0.4, 0.5) is 4.39 Å². The summed E-state index contributed by atoms with van der Waals surface area (Å²) in [5.41, 5.74) is 2.37. The molecule has 2 rings (SSSR count). The Labute approximate surface area is 134 Å². The van der Waals surface area contributed by atoms with E-state index in [0.29, 0.717) is 17.1 Å². The number of hydrogen-bond acceptors (Lipinski definition) is 4. The number of carbonyl (C=O) groups is 1. The average Bonchev–Trinajstić information content (AvgIpc) is 2.55. The van der Waals surface area contributed by atoms with Gasteiger partial charge in [-0.2, -0.15) is 0 Å². The molecule has 0 aliphatic carbocycles. The van der Waals surface area contributed by atoms with Crippen molar-refractivity contribution in [3.63, 3.8) is 0 Å². The van der Waals surface area contributed by atoms with Gasteiger partial charge >= 0.3 is 5.97 Å². The molecule has 0 N–H and O–H groups in total. The van der Waals surface area contributed by atoms with Crippen molar-refractivity contribution in [3.8, 4) is 11.5 Å². The maximum Gasteiger partial charge on any atom is 0.338 e. The average molecular weight is 318 g/mol. The van der Waals surface area contributed by atoms with Crippen molar-refractivity contribution in [2.24, 2.45) is 0 Å². The summed E-state index contributed by atoms with van der Waals surface area (Å²) in [6.45, 7) is 3.59. The minimum atomic E-state index is -0.571. The Bertz CT molecular complexity index is 725. The quantitative estimate of drug-likeness (QED) is 0.786. The van der Waals surface area contributed by atoms with Crippen molar-refractivity contribution in [3.05, 3.63) is 58.4 Å². The normalized spacial score (nSPS) is 10.3.